The number of anilines is 1. The average molecular weight is 181 g/mol. The fraction of sp³-hybridized carbons (Fsp3) is 0.667. The van der Waals surface area contributed by atoms with Crippen molar-refractivity contribution in [1.29, 1.82) is 0 Å². The van der Waals surface area contributed by atoms with Crippen LogP contribution in [0.1, 0.15) is 24.5 Å². The molecule has 0 radical (unpaired) electrons. The second-order valence-electron chi connectivity index (χ2n) is 3.76. The summed E-state index contributed by atoms with van der Waals surface area (Å²) in [5.74, 6) is 0.919. The van der Waals surface area contributed by atoms with Crippen LogP contribution in [-0.4, -0.2) is 30.2 Å². The Bertz CT molecular complexity index is 284. The molecule has 1 aromatic rings. The van der Waals surface area contributed by atoms with E-state index in [1.807, 2.05) is 6.07 Å². The lowest BCUT2D eigenvalue weighted by Crippen LogP contribution is -2.30. The first-order valence-electron chi connectivity index (χ1n) is 4.66. The Hall–Kier alpha value is -1.03. The Kier molecular flexibility index (Phi) is 2.22. The summed E-state index contributed by atoms with van der Waals surface area (Å²) >= 11 is 0. The van der Waals surface area contributed by atoms with Gasteiger partial charge in [0.1, 0.15) is 0 Å². The van der Waals surface area contributed by atoms with Gasteiger partial charge in [0.05, 0.1) is 5.69 Å². The van der Waals surface area contributed by atoms with Crippen LogP contribution in [0.5, 0.6) is 0 Å². The number of aromatic nitrogens is 1. The van der Waals surface area contributed by atoms with Gasteiger partial charge in [0, 0.05) is 18.5 Å². The summed E-state index contributed by atoms with van der Waals surface area (Å²) in [4.78, 5) is 2.32. The fourth-order valence-electron chi connectivity index (χ4n) is 1.90. The van der Waals surface area contributed by atoms with Gasteiger partial charge >= 0.3 is 0 Å². The van der Waals surface area contributed by atoms with Crippen LogP contribution in [0.25, 0.3) is 0 Å². The molecule has 0 aliphatic carbocycles. The zero-order valence-corrected chi connectivity index (χ0v) is 7.86. The van der Waals surface area contributed by atoms with Crippen LogP contribution in [0.2, 0.25) is 0 Å². The average Bonchev–Trinajstić information content (AvgIpc) is 2.52. The van der Waals surface area contributed by atoms with E-state index in [2.05, 4.69) is 17.1 Å². The Labute approximate surface area is 77.7 Å². The first-order chi connectivity index (χ1) is 6.25. The maximum Gasteiger partial charge on any atom is 0.222 e. The van der Waals surface area contributed by atoms with E-state index in [4.69, 9.17) is 10.3 Å². The summed E-state index contributed by atoms with van der Waals surface area (Å²) in [5.41, 5.74) is 6.48. The molecule has 2 rings (SSSR count). The highest BCUT2D eigenvalue weighted by Gasteiger charge is 2.21. The van der Waals surface area contributed by atoms with Crippen molar-refractivity contribution in [3.8, 4) is 0 Å². The SMILES string of the molecule is CN1CCCC(c2cc(N)on2)C1. The smallest absolute Gasteiger partial charge is 0.222 e. The molecule has 1 aliphatic heterocycles. The normalized spacial score (nSPS) is 24.8. The molecule has 4 heteroatoms. The van der Waals surface area contributed by atoms with Crippen molar-refractivity contribution >= 4 is 5.88 Å². The summed E-state index contributed by atoms with van der Waals surface area (Å²) in [6.07, 6.45) is 2.42. The first kappa shape index (κ1) is 8.56. The number of rotatable bonds is 1. The largest absolute Gasteiger partial charge is 0.368 e. The van der Waals surface area contributed by atoms with Crippen molar-refractivity contribution in [3.05, 3.63) is 11.8 Å². The number of likely N-dealkylation sites (N-methyl/N-ethyl adjacent to an activating group) is 1. The highest BCUT2D eigenvalue weighted by atomic mass is 16.5. The van der Waals surface area contributed by atoms with Gasteiger partial charge in [-0.25, -0.2) is 0 Å². The van der Waals surface area contributed by atoms with Crippen LogP contribution in [0.3, 0.4) is 0 Å². The molecule has 2 heterocycles. The number of piperidine rings is 1. The third-order valence-electron chi connectivity index (χ3n) is 2.59. The number of nitrogens with zero attached hydrogens (tertiary/aromatic N) is 2. The molecule has 0 aromatic carbocycles. The molecule has 0 spiro atoms. The molecule has 1 fully saturated rings. The molecule has 0 bridgehead atoms. The topological polar surface area (TPSA) is 55.3 Å². The van der Waals surface area contributed by atoms with Gasteiger partial charge in [-0.1, -0.05) is 5.16 Å². The lowest BCUT2D eigenvalue weighted by Gasteiger charge is -2.28. The van der Waals surface area contributed by atoms with Crippen molar-refractivity contribution in [2.45, 2.75) is 18.8 Å². The summed E-state index contributed by atoms with van der Waals surface area (Å²) in [6.45, 7) is 2.25. The zero-order valence-electron chi connectivity index (χ0n) is 7.86. The molecule has 1 saturated heterocycles. The third-order valence-corrected chi connectivity index (χ3v) is 2.59. The fourth-order valence-corrected chi connectivity index (χ4v) is 1.90. The quantitative estimate of drug-likeness (QED) is 0.704. The third kappa shape index (κ3) is 1.83. The zero-order chi connectivity index (χ0) is 9.26. The minimum atomic E-state index is 0.420. The van der Waals surface area contributed by atoms with Gasteiger partial charge in [-0.05, 0) is 26.4 Å². The predicted molar refractivity (Wildman–Crippen MR) is 50.4 cm³/mol. The summed E-state index contributed by atoms with van der Waals surface area (Å²) in [7, 11) is 2.13. The maximum absolute atomic E-state index is 5.48. The molecule has 72 valence electrons. The Balaban J connectivity index is 2.08. The minimum Gasteiger partial charge on any atom is -0.368 e. The predicted octanol–water partition coefficient (Wildman–Crippen LogP) is 1.07. The number of likely N-dealkylation sites (tertiary alicyclic amines) is 1. The van der Waals surface area contributed by atoms with Crippen LogP contribution >= 0.6 is 0 Å². The molecular formula is C9H15N3O. The van der Waals surface area contributed by atoms with Gasteiger partial charge in [0.15, 0.2) is 0 Å². The molecule has 1 aliphatic rings. The summed E-state index contributed by atoms with van der Waals surface area (Å²) in [5, 5.41) is 3.95. The second-order valence-corrected chi connectivity index (χ2v) is 3.76. The second kappa shape index (κ2) is 3.38. The molecule has 1 atom stereocenters. The molecule has 4 nitrogen and oxygen atoms in total. The molecule has 0 amide bonds. The summed E-state index contributed by atoms with van der Waals surface area (Å²) in [6, 6.07) is 1.84. The number of nitrogens with two attached hydrogens (primary N) is 1. The highest BCUT2D eigenvalue weighted by Crippen LogP contribution is 2.26. The van der Waals surface area contributed by atoms with Crippen LogP contribution in [-0.2, 0) is 0 Å². The highest BCUT2D eigenvalue weighted by molar-refractivity contribution is 5.26. The molecule has 1 unspecified atom stereocenters. The van der Waals surface area contributed by atoms with Gasteiger partial charge < -0.3 is 15.2 Å². The van der Waals surface area contributed by atoms with Crippen LogP contribution in [0, 0.1) is 0 Å². The standard InChI is InChI=1S/C9H15N3O/c1-12-4-2-3-7(6-12)8-5-9(10)13-11-8/h5,7H,2-4,6,10H2,1H3. The molecular weight excluding hydrogens is 166 g/mol. The van der Waals surface area contributed by atoms with E-state index in [1.54, 1.807) is 0 Å². The van der Waals surface area contributed by atoms with E-state index in [-0.39, 0.29) is 0 Å². The van der Waals surface area contributed by atoms with E-state index in [0.717, 1.165) is 12.2 Å². The van der Waals surface area contributed by atoms with E-state index in [9.17, 15) is 0 Å². The van der Waals surface area contributed by atoms with Gasteiger partial charge in [-0.15, -0.1) is 0 Å². The van der Waals surface area contributed by atoms with Crippen LogP contribution in [0.4, 0.5) is 5.88 Å². The van der Waals surface area contributed by atoms with Crippen molar-refractivity contribution in [2.24, 2.45) is 0 Å². The molecule has 2 N–H and O–H groups in total. The van der Waals surface area contributed by atoms with Gasteiger partial charge in [0.2, 0.25) is 5.88 Å². The Morgan fingerprint density at radius 1 is 1.69 bits per heavy atom. The van der Waals surface area contributed by atoms with Gasteiger partial charge in [-0.2, -0.15) is 0 Å². The summed E-state index contributed by atoms with van der Waals surface area (Å²) < 4.78 is 4.86. The lowest BCUT2D eigenvalue weighted by atomic mass is 9.95. The number of hydrogen-bond donors (Lipinski definition) is 1. The minimum absolute atomic E-state index is 0.420. The lowest BCUT2D eigenvalue weighted by molar-refractivity contribution is 0.244. The molecule has 0 saturated carbocycles. The van der Waals surface area contributed by atoms with Crippen LogP contribution < -0.4 is 5.73 Å². The number of nitrogen functional groups attached to an aromatic ring is 1. The molecule has 1 aromatic heterocycles. The Morgan fingerprint density at radius 3 is 3.15 bits per heavy atom. The number of hydrogen-bond acceptors (Lipinski definition) is 4. The Morgan fingerprint density at radius 2 is 2.54 bits per heavy atom. The van der Waals surface area contributed by atoms with E-state index >= 15 is 0 Å². The van der Waals surface area contributed by atoms with Gasteiger partial charge in [-0.3, -0.25) is 0 Å². The van der Waals surface area contributed by atoms with Crippen molar-refractivity contribution < 1.29 is 4.52 Å². The maximum atomic E-state index is 5.48. The molecule has 13 heavy (non-hydrogen) atoms. The van der Waals surface area contributed by atoms with E-state index in [1.165, 1.54) is 19.4 Å². The van der Waals surface area contributed by atoms with Gasteiger partial charge in [0.25, 0.3) is 0 Å². The van der Waals surface area contributed by atoms with Crippen molar-refractivity contribution in [3.63, 3.8) is 0 Å². The van der Waals surface area contributed by atoms with Crippen molar-refractivity contribution in [1.82, 2.24) is 10.1 Å². The van der Waals surface area contributed by atoms with E-state index < -0.39 is 0 Å². The van der Waals surface area contributed by atoms with Crippen molar-refractivity contribution in [2.75, 3.05) is 25.9 Å². The van der Waals surface area contributed by atoms with E-state index in [0.29, 0.717) is 11.8 Å². The first-order valence-corrected chi connectivity index (χ1v) is 4.66. The van der Waals surface area contributed by atoms with Crippen LogP contribution in [0.15, 0.2) is 10.6 Å². The monoisotopic (exact) mass is 181 g/mol.